The van der Waals surface area contributed by atoms with Crippen LogP contribution in [0.1, 0.15) is 11.4 Å². The van der Waals surface area contributed by atoms with E-state index in [2.05, 4.69) is 23.0 Å². The van der Waals surface area contributed by atoms with Crippen molar-refractivity contribution in [1.29, 1.82) is 0 Å². The van der Waals surface area contributed by atoms with Crippen LogP contribution in [0.5, 0.6) is 5.75 Å². The topological polar surface area (TPSA) is 67.7 Å². The van der Waals surface area contributed by atoms with Crippen molar-refractivity contribution >= 4 is 10.0 Å². The molecule has 0 N–H and O–H groups in total. The molecule has 0 saturated carbocycles. The maximum absolute atomic E-state index is 12.8. The number of nitrogens with zero attached hydrogens (tertiary/aromatic N) is 4. The van der Waals surface area contributed by atoms with Crippen LogP contribution in [-0.4, -0.2) is 67.2 Å². The third-order valence-corrected chi connectivity index (χ3v) is 6.67. The number of benzene rings is 1. The molecule has 0 radical (unpaired) electrons. The molecule has 7 nitrogen and oxygen atoms in total. The molecule has 0 unspecified atom stereocenters. The quantitative estimate of drug-likeness (QED) is 0.762. The van der Waals surface area contributed by atoms with E-state index in [1.807, 2.05) is 11.6 Å². The zero-order chi connectivity index (χ0) is 18.7. The summed E-state index contributed by atoms with van der Waals surface area (Å²) in [4.78, 5) is 2.60. The SMILES string of the molecule is COc1ccc(S(=O)(=O)N2CCN(CCn3nc(C)cc3C)CC2)cc1. The summed E-state index contributed by atoms with van der Waals surface area (Å²) in [5, 5.41) is 4.48. The van der Waals surface area contributed by atoms with Gasteiger partial charge in [-0.15, -0.1) is 0 Å². The van der Waals surface area contributed by atoms with Gasteiger partial charge in [0.25, 0.3) is 0 Å². The zero-order valence-corrected chi connectivity index (χ0v) is 16.4. The normalized spacial score (nSPS) is 16.7. The fourth-order valence-corrected chi connectivity index (χ4v) is 4.65. The lowest BCUT2D eigenvalue weighted by Gasteiger charge is -2.34. The summed E-state index contributed by atoms with van der Waals surface area (Å²) in [7, 11) is -1.88. The Bertz CT molecular complexity index is 838. The number of piperazine rings is 1. The molecule has 1 aromatic carbocycles. The highest BCUT2D eigenvalue weighted by molar-refractivity contribution is 7.89. The Labute approximate surface area is 155 Å². The second-order valence-electron chi connectivity index (χ2n) is 6.57. The Kier molecular flexibility index (Phi) is 5.64. The molecule has 1 aromatic heterocycles. The minimum Gasteiger partial charge on any atom is -0.497 e. The number of rotatable bonds is 6. The summed E-state index contributed by atoms with van der Waals surface area (Å²) in [6.45, 7) is 8.22. The lowest BCUT2D eigenvalue weighted by molar-refractivity contribution is 0.180. The Morgan fingerprint density at radius 3 is 2.23 bits per heavy atom. The van der Waals surface area contributed by atoms with E-state index in [1.165, 1.54) is 0 Å². The Morgan fingerprint density at radius 2 is 1.69 bits per heavy atom. The molecule has 26 heavy (non-hydrogen) atoms. The number of aryl methyl sites for hydroxylation is 2. The second kappa shape index (κ2) is 7.77. The summed E-state index contributed by atoms with van der Waals surface area (Å²) < 4.78 is 34.2. The van der Waals surface area contributed by atoms with Crippen LogP contribution in [0.2, 0.25) is 0 Å². The Balaban J connectivity index is 1.56. The minimum atomic E-state index is -3.45. The van der Waals surface area contributed by atoms with Crippen molar-refractivity contribution in [2.75, 3.05) is 39.8 Å². The van der Waals surface area contributed by atoms with Crippen LogP contribution in [0.25, 0.3) is 0 Å². The molecule has 0 spiro atoms. The van der Waals surface area contributed by atoms with Crippen molar-refractivity contribution in [3.05, 3.63) is 41.7 Å². The minimum absolute atomic E-state index is 0.314. The third kappa shape index (κ3) is 4.08. The van der Waals surface area contributed by atoms with Gasteiger partial charge in [0, 0.05) is 38.4 Å². The lowest BCUT2D eigenvalue weighted by Crippen LogP contribution is -2.49. The van der Waals surface area contributed by atoms with Gasteiger partial charge in [-0.25, -0.2) is 8.42 Å². The Hall–Kier alpha value is -1.90. The molecule has 142 valence electrons. The van der Waals surface area contributed by atoms with E-state index in [9.17, 15) is 8.42 Å². The largest absolute Gasteiger partial charge is 0.497 e. The molecule has 3 rings (SSSR count). The van der Waals surface area contributed by atoms with E-state index in [-0.39, 0.29) is 0 Å². The highest BCUT2D eigenvalue weighted by Gasteiger charge is 2.28. The first-order valence-electron chi connectivity index (χ1n) is 8.78. The molecule has 8 heteroatoms. The van der Waals surface area contributed by atoms with Gasteiger partial charge in [-0.2, -0.15) is 9.40 Å². The van der Waals surface area contributed by atoms with E-state index < -0.39 is 10.0 Å². The van der Waals surface area contributed by atoms with Gasteiger partial charge >= 0.3 is 0 Å². The van der Waals surface area contributed by atoms with Crippen molar-refractivity contribution in [2.24, 2.45) is 0 Å². The predicted octanol–water partition coefficient (Wildman–Crippen LogP) is 1.52. The summed E-state index contributed by atoms with van der Waals surface area (Å²) >= 11 is 0. The smallest absolute Gasteiger partial charge is 0.243 e. The van der Waals surface area contributed by atoms with Crippen molar-refractivity contribution in [3.8, 4) is 5.75 Å². The predicted molar refractivity (Wildman–Crippen MR) is 99.9 cm³/mol. The number of aromatic nitrogens is 2. The first kappa shape index (κ1) is 18.9. The highest BCUT2D eigenvalue weighted by atomic mass is 32.2. The first-order valence-corrected chi connectivity index (χ1v) is 10.2. The van der Waals surface area contributed by atoms with Gasteiger partial charge in [0.05, 0.1) is 24.2 Å². The number of hydrogen-bond acceptors (Lipinski definition) is 5. The van der Waals surface area contributed by atoms with Crippen molar-refractivity contribution < 1.29 is 13.2 Å². The van der Waals surface area contributed by atoms with E-state index in [0.717, 1.165) is 37.6 Å². The van der Waals surface area contributed by atoms with Gasteiger partial charge in [-0.1, -0.05) is 0 Å². The zero-order valence-electron chi connectivity index (χ0n) is 15.6. The summed E-state index contributed by atoms with van der Waals surface area (Å²) in [6.07, 6.45) is 0. The van der Waals surface area contributed by atoms with Gasteiger partial charge in [-0.3, -0.25) is 9.58 Å². The monoisotopic (exact) mass is 378 g/mol. The number of hydrogen-bond donors (Lipinski definition) is 0. The van der Waals surface area contributed by atoms with E-state index in [0.29, 0.717) is 23.7 Å². The molecule has 2 heterocycles. The molecular weight excluding hydrogens is 352 g/mol. The standard InChI is InChI=1S/C18H26N4O3S/c1-15-14-16(2)22(19-15)13-10-20-8-11-21(12-9-20)26(23,24)18-6-4-17(25-3)5-7-18/h4-7,14H,8-13H2,1-3H3. The third-order valence-electron chi connectivity index (χ3n) is 4.76. The molecule has 0 aliphatic carbocycles. The summed E-state index contributed by atoms with van der Waals surface area (Å²) in [5.41, 5.74) is 2.18. The number of ether oxygens (including phenoxy) is 1. The van der Waals surface area contributed by atoms with E-state index >= 15 is 0 Å². The highest BCUT2D eigenvalue weighted by Crippen LogP contribution is 2.20. The van der Waals surface area contributed by atoms with Crippen LogP contribution >= 0.6 is 0 Å². The van der Waals surface area contributed by atoms with Gasteiger partial charge in [-0.05, 0) is 44.2 Å². The summed E-state index contributed by atoms with van der Waals surface area (Å²) in [5.74, 6) is 0.651. The fourth-order valence-electron chi connectivity index (χ4n) is 3.23. The first-order chi connectivity index (χ1) is 12.4. The average Bonchev–Trinajstić information content (AvgIpc) is 2.97. The fraction of sp³-hybridized carbons (Fsp3) is 0.500. The maximum Gasteiger partial charge on any atom is 0.243 e. The lowest BCUT2D eigenvalue weighted by atomic mass is 10.3. The maximum atomic E-state index is 12.8. The van der Waals surface area contributed by atoms with Gasteiger partial charge in [0.1, 0.15) is 5.75 Å². The van der Waals surface area contributed by atoms with Gasteiger partial charge in [0.15, 0.2) is 0 Å². The van der Waals surface area contributed by atoms with Gasteiger partial charge < -0.3 is 4.74 Å². The van der Waals surface area contributed by atoms with Crippen LogP contribution in [0.15, 0.2) is 35.2 Å². The molecule has 2 aromatic rings. The molecule has 0 bridgehead atoms. The van der Waals surface area contributed by atoms with Crippen molar-refractivity contribution in [1.82, 2.24) is 19.0 Å². The van der Waals surface area contributed by atoms with E-state index in [4.69, 9.17) is 4.74 Å². The van der Waals surface area contributed by atoms with E-state index in [1.54, 1.807) is 35.7 Å². The van der Waals surface area contributed by atoms with Crippen LogP contribution in [0, 0.1) is 13.8 Å². The van der Waals surface area contributed by atoms with Crippen LogP contribution in [0.4, 0.5) is 0 Å². The van der Waals surface area contributed by atoms with Crippen molar-refractivity contribution in [2.45, 2.75) is 25.3 Å². The molecule has 1 fully saturated rings. The molecule has 0 amide bonds. The second-order valence-corrected chi connectivity index (χ2v) is 8.51. The average molecular weight is 378 g/mol. The van der Waals surface area contributed by atoms with Crippen LogP contribution in [-0.2, 0) is 16.6 Å². The number of methoxy groups -OCH3 is 1. The van der Waals surface area contributed by atoms with Gasteiger partial charge in [0.2, 0.25) is 10.0 Å². The Morgan fingerprint density at radius 1 is 1.04 bits per heavy atom. The summed E-state index contributed by atoms with van der Waals surface area (Å²) in [6, 6.07) is 8.63. The molecular formula is C18H26N4O3S. The molecule has 1 saturated heterocycles. The van der Waals surface area contributed by atoms with Crippen LogP contribution < -0.4 is 4.74 Å². The molecule has 1 aliphatic heterocycles. The molecule has 1 aliphatic rings. The van der Waals surface area contributed by atoms with Crippen LogP contribution in [0.3, 0.4) is 0 Å². The van der Waals surface area contributed by atoms with Crippen molar-refractivity contribution in [3.63, 3.8) is 0 Å². The molecule has 0 atom stereocenters. The number of sulfonamides is 1.